The van der Waals surface area contributed by atoms with Gasteiger partial charge in [0, 0.05) is 10.1 Å². The number of fused-ring (bicyclic) bond motifs is 1. The second-order valence-electron chi connectivity index (χ2n) is 3.38. The maximum atomic E-state index is 5.22. The van der Waals surface area contributed by atoms with E-state index in [0.29, 0.717) is 4.83 Å². The zero-order valence-corrected chi connectivity index (χ0v) is 9.80. The van der Waals surface area contributed by atoms with E-state index in [1.54, 1.807) is 6.26 Å². The molecule has 0 saturated heterocycles. The van der Waals surface area contributed by atoms with Crippen LogP contribution < -0.4 is 0 Å². The van der Waals surface area contributed by atoms with E-state index < -0.39 is 0 Å². The van der Waals surface area contributed by atoms with E-state index in [1.807, 2.05) is 6.26 Å². The first-order chi connectivity index (χ1) is 6.25. The zero-order chi connectivity index (χ0) is 9.05. The van der Waals surface area contributed by atoms with Crippen molar-refractivity contribution in [2.24, 2.45) is 5.41 Å². The molecule has 3 aliphatic rings. The first-order valence-electron chi connectivity index (χ1n) is 4.02. The van der Waals surface area contributed by atoms with Crippen LogP contribution in [-0.4, -0.2) is 4.83 Å². The molecule has 0 saturated carbocycles. The molecule has 1 heterocycles. The average molecular weight is 302 g/mol. The monoisotopic (exact) mass is 300 g/mol. The quantitative estimate of drug-likeness (QED) is 0.623. The SMILES string of the molecule is BrC1=COC=C2C=C3C=CC12C3Br. The molecule has 0 fully saturated rings. The molecule has 13 heavy (non-hydrogen) atoms. The summed E-state index contributed by atoms with van der Waals surface area (Å²) >= 11 is 7.27. The van der Waals surface area contributed by atoms with Crippen molar-refractivity contribution in [3.05, 3.63) is 46.4 Å². The summed E-state index contributed by atoms with van der Waals surface area (Å²) in [5.41, 5.74) is 2.52. The minimum atomic E-state index is -0.0203. The summed E-state index contributed by atoms with van der Waals surface area (Å²) in [5.74, 6) is 0. The minimum Gasteiger partial charge on any atom is -0.471 e. The standard InChI is InChI=1S/C10H6Br2O/c11-8-5-13-4-7-3-6-1-2-10(7,8)9(6)12/h1-5,9H. The lowest BCUT2D eigenvalue weighted by atomic mass is 9.83. The molecule has 3 rings (SSSR count). The van der Waals surface area contributed by atoms with Gasteiger partial charge in [0.1, 0.15) is 6.26 Å². The van der Waals surface area contributed by atoms with Crippen molar-refractivity contribution in [2.45, 2.75) is 4.83 Å². The van der Waals surface area contributed by atoms with Crippen LogP contribution in [0, 0.1) is 5.41 Å². The van der Waals surface area contributed by atoms with Crippen molar-refractivity contribution >= 4 is 31.9 Å². The Labute approximate surface area is 93.1 Å². The Kier molecular flexibility index (Phi) is 1.48. The number of ether oxygens (including phenoxy) is 1. The Morgan fingerprint density at radius 1 is 1.38 bits per heavy atom. The maximum Gasteiger partial charge on any atom is 0.102 e. The van der Waals surface area contributed by atoms with Gasteiger partial charge in [-0.25, -0.2) is 0 Å². The van der Waals surface area contributed by atoms with Gasteiger partial charge < -0.3 is 4.74 Å². The van der Waals surface area contributed by atoms with Gasteiger partial charge in [-0.1, -0.05) is 50.1 Å². The predicted octanol–water partition coefficient (Wildman–Crippen LogP) is 3.40. The number of alkyl halides is 1. The predicted molar refractivity (Wildman–Crippen MR) is 58.5 cm³/mol. The third-order valence-electron chi connectivity index (χ3n) is 2.79. The van der Waals surface area contributed by atoms with Gasteiger partial charge in [-0.2, -0.15) is 0 Å². The van der Waals surface area contributed by atoms with E-state index in [9.17, 15) is 0 Å². The number of halogens is 2. The summed E-state index contributed by atoms with van der Waals surface area (Å²) in [6, 6.07) is 0. The fraction of sp³-hybridized carbons (Fsp3) is 0.200. The van der Waals surface area contributed by atoms with Crippen LogP contribution in [0.2, 0.25) is 0 Å². The van der Waals surface area contributed by atoms with Gasteiger partial charge in [0.05, 0.1) is 16.5 Å². The molecule has 1 spiro atoms. The van der Waals surface area contributed by atoms with Crippen molar-refractivity contribution in [3.63, 3.8) is 0 Å². The Morgan fingerprint density at radius 2 is 2.23 bits per heavy atom. The zero-order valence-electron chi connectivity index (χ0n) is 6.63. The highest BCUT2D eigenvalue weighted by Crippen LogP contribution is 2.59. The molecule has 2 aliphatic carbocycles. The maximum absolute atomic E-state index is 5.22. The fourth-order valence-electron chi connectivity index (χ4n) is 2.06. The Bertz CT molecular complexity index is 403. The molecule has 3 heteroatoms. The van der Waals surface area contributed by atoms with Crippen molar-refractivity contribution in [1.82, 2.24) is 0 Å². The van der Waals surface area contributed by atoms with Gasteiger partial charge in [0.25, 0.3) is 0 Å². The Hall–Kier alpha value is -0.280. The summed E-state index contributed by atoms with van der Waals surface area (Å²) < 4.78 is 6.30. The number of rotatable bonds is 0. The molecule has 66 valence electrons. The van der Waals surface area contributed by atoms with Crippen LogP contribution in [-0.2, 0) is 4.74 Å². The fourth-order valence-corrected chi connectivity index (χ4v) is 4.01. The summed E-state index contributed by atoms with van der Waals surface area (Å²) in [4.78, 5) is 0.362. The second kappa shape index (κ2) is 2.39. The third kappa shape index (κ3) is 0.778. The van der Waals surface area contributed by atoms with Crippen LogP contribution in [0.15, 0.2) is 46.4 Å². The number of hydrogen-bond donors (Lipinski definition) is 0. The highest BCUT2D eigenvalue weighted by atomic mass is 79.9. The average Bonchev–Trinajstić information content (AvgIpc) is 2.59. The molecular weight excluding hydrogens is 296 g/mol. The van der Waals surface area contributed by atoms with E-state index in [-0.39, 0.29) is 5.41 Å². The van der Waals surface area contributed by atoms with Crippen LogP contribution in [0.25, 0.3) is 0 Å². The summed E-state index contributed by atoms with van der Waals surface area (Å²) in [6.45, 7) is 0. The molecule has 0 radical (unpaired) electrons. The lowest BCUT2D eigenvalue weighted by molar-refractivity contribution is 0.365. The first-order valence-corrected chi connectivity index (χ1v) is 5.73. The van der Waals surface area contributed by atoms with Crippen molar-refractivity contribution in [3.8, 4) is 0 Å². The molecule has 2 atom stereocenters. The van der Waals surface area contributed by atoms with E-state index >= 15 is 0 Å². The van der Waals surface area contributed by atoms with Crippen LogP contribution in [0.1, 0.15) is 0 Å². The molecule has 1 nitrogen and oxygen atoms in total. The summed E-state index contributed by atoms with van der Waals surface area (Å²) in [7, 11) is 0. The van der Waals surface area contributed by atoms with Crippen LogP contribution in [0.4, 0.5) is 0 Å². The van der Waals surface area contributed by atoms with Gasteiger partial charge >= 0.3 is 0 Å². The van der Waals surface area contributed by atoms with Gasteiger partial charge in [0.15, 0.2) is 0 Å². The highest BCUT2D eigenvalue weighted by molar-refractivity contribution is 9.12. The molecule has 0 aromatic carbocycles. The normalized spacial score (nSPS) is 39.2. The lowest BCUT2D eigenvalue weighted by Gasteiger charge is -2.30. The van der Waals surface area contributed by atoms with E-state index in [4.69, 9.17) is 4.74 Å². The molecule has 0 aromatic rings. The highest BCUT2D eigenvalue weighted by Gasteiger charge is 2.51. The van der Waals surface area contributed by atoms with E-state index in [1.165, 1.54) is 11.1 Å². The minimum absolute atomic E-state index is 0.0203. The van der Waals surface area contributed by atoms with Crippen LogP contribution in [0.3, 0.4) is 0 Å². The van der Waals surface area contributed by atoms with Gasteiger partial charge in [-0.3, -0.25) is 0 Å². The molecule has 2 bridgehead atoms. The van der Waals surface area contributed by atoms with Gasteiger partial charge in [-0.05, 0) is 5.57 Å². The Morgan fingerprint density at radius 3 is 2.92 bits per heavy atom. The molecular formula is C10H6Br2O. The van der Waals surface area contributed by atoms with Crippen molar-refractivity contribution < 1.29 is 4.74 Å². The molecule has 0 N–H and O–H groups in total. The second-order valence-corrected chi connectivity index (χ2v) is 5.15. The number of allylic oxidation sites excluding steroid dienone is 6. The smallest absolute Gasteiger partial charge is 0.102 e. The molecule has 0 amide bonds. The van der Waals surface area contributed by atoms with Crippen molar-refractivity contribution in [1.29, 1.82) is 0 Å². The van der Waals surface area contributed by atoms with Gasteiger partial charge in [0.2, 0.25) is 0 Å². The molecule has 2 unspecified atom stereocenters. The summed E-state index contributed by atoms with van der Waals surface area (Å²) in [6.07, 6.45) is 10.1. The number of hydrogen-bond acceptors (Lipinski definition) is 1. The van der Waals surface area contributed by atoms with E-state index in [2.05, 4.69) is 50.1 Å². The first kappa shape index (κ1) is 8.06. The van der Waals surface area contributed by atoms with E-state index in [0.717, 1.165) is 4.48 Å². The third-order valence-corrected chi connectivity index (χ3v) is 4.89. The summed E-state index contributed by atoms with van der Waals surface area (Å²) in [5, 5.41) is 0. The molecule has 0 aromatic heterocycles. The Balaban J connectivity index is 2.26. The topological polar surface area (TPSA) is 9.23 Å². The molecule has 1 aliphatic heterocycles. The van der Waals surface area contributed by atoms with Crippen LogP contribution >= 0.6 is 31.9 Å². The lowest BCUT2D eigenvalue weighted by Crippen LogP contribution is -2.26. The van der Waals surface area contributed by atoms with Gasteiger partial charge in [-0.15, -0.1) is 0 Å². The largest absolute Gasteiger partial charge is 0.471 e. The van der Waals surface area contributed by atoms with Crippen molar-refractivity contribution in [2.75, 3.05) is 0 Å². The van der Waals surface area contributed by atoms with Crippen LogP contribution in [0.5, 0.6) is 0 Å².